The van der Waals surface area contributed by atoms with Crippen LogP contribution in [-0.2, 0) is 17.9 Å². The van der Waals surface area contributed by atoms with Gasteiger partial charge in [0, 0.05) is 13.1 Å². The molecule has 4 heteroatoms. The molecular formula is C17H20N2O2. The first-order valence-electron chi connectivity index (χ1n) is 7.02. The van der Waals surface area contributed by atoms with Crippen LogP contribution in [0.5, 0.6) is 0 Å². The maximum absolute atomic E-state index is 12.3. The summed E-state index contributed by atoms with van der Waals surface area (Å²) in [5, 5.41) is 0. The third-order valence-corrected chi connectivity index (χ3v) is 3.24. The van der Waals surface area contributed by atoms with Crippen molar-refractivity contribution in [2.24, 2.45) is 5.73 Å². The summed E-state index contributed by atoms with van der Waals surface area (Å²) >= 11 is 0. The van der Waals surface area contributed by atoms with Gasteiger partial charge in [0.05, 0.1) is 5.69 Å². The van der Waals surface area contributed by atoms with Gasteiger partial charge in [-0.1, -0.05) is 48.5 Å². The minimum absolute atomic E-state index is 0.265. The fourth-order valence-corrected chi connectivity index (χ4v) is 2.14. The van der Waals surface area contributed by atoms with E-state index in [9.17, 15) is 4.79 Å². The van der Waals surface area contributed by atoms with Crippen LogP contribution >= 0.6 is 0 Å². The summed E-state index contributed by atoms with van der Waals surface area (Å²) in [4.78, 5) is 13.9. The van der Waals surface area contributed by atoms with Gasteiger partial charge in [0.1, 0.15) is 6.61 Å². The SMILES string of the molecule is CCN(C(=O)OCc1ccccc1)c1ccccc1CN. The second-order valence-electron chi connectivity index (χ2n) is 4.62. The molecule has 0 aliphatic carbocycles. The topological polar surface area (TPSA) is 55.6 Å². The summed E-state index contributed by atoms with van der Waals surface area (Å²) in [6, 6.07) is 17.2. The van der Waals surface area contributed by atoms with Crippen LogP contribution in [-0.4, -0.2) is 12.6 Å². The number of para-hydroxylation sites is 1. The molecule has 0 spiro atoms. The van der Waals surface area contributed by atoms with Crippen LogP contribution in [0, 0.1) is 0 Å². The molecule has 0 radical (unpaired) electrons. The standard InChI is InChI=1S/C17H20N2O2/c1-2-19(16-11-7-6-10-15(16)12-18)17(20)21-13-14-8-4-3-5-9-14/h3-11H,2,12-13,18H2,1H3. The van der Waals surface area contributed by atoms with Gasteiger partial charge in [0.2, 0.25) is 0 Å². The number of amides is 1. The molecule has 0 aliphatic rings. The molecule has 110 valence electrons. The van der Waals surface area contributed by atoms with E-state index in [0.29, 0.717) is 13.1 Å². The predicted molar refractivity (Wildman–Crippen MR) is 84.0 cm³/mol. The highest BCUT2D eigenvalue weighted by molar-refractivity contribution is 5.88. The Balaban J connectivity index is 2.08. The number of hydrogen-bond donors (Lipinski definition) is 1. The fourth-order valence-electron chi connectivity index (χ4n) is 2.14. The fraction of sp³-hybridized carbons (Fsp3) is 0.235. The van der Waals surface area contributed by atoms with Crippen molar-refractivity contribution in [1.82, 2.24) is 0 Å². The molecule has 4 nitrogen and oxygen atoms in total. The Hall–Kier alpha value is -2.33. The molecule has 0 saturated carbocycles. The Morgan fingerprint density at radius 3 is 2.43 bits per heavy atom. The third-order valence-electron chi connectivity index (χ3n) is 3.24. The second kappa shape index (κ2) is 7.45. The summed E-state index contributed by atoms with van der Waals surface area (Å²) < 4.78 is 5.38. The van der Waals surface area contributed by atoms with Gasteiger partial charge in [-0.15, -0.1) is 0 Å². The molecule has 0 unspecified atom stereocenters. The van der Waals surface area contributed by atoms with Gasteiger partial charge in [0.25, 0.3) is 0 Å². The normalized spacial score (nSPS) is 10.2. The summed E-state index contributed by atoms with van der Waals surface area (Å²) in [6.07, 6.45) is -0.359. The van der Waals surface area contributed by atoms with Crippen molar-refractivity contribution in [2.75, 3.05) is 11.4 Å². The number of carbonyl (C=O) groups is 1. The van der Waals surface area contributed by atoms with Gasteiger partial charge < -0.3 is 10.5 Å². The maximum atomic E-state index is 12.3. The van der Waals surface area contributed by atoms with E-state index in [4.69, 9.17) is 10.5 Å². The number of nitrogens with two attached hydrogens (primary N) is 1. The smallest absolute Gasteiger partial charge is 0.414 e. The Morgan fingerprint density at radius 1 is 1.10 bits per heavy atom. The Morgan fingerprint density at radius 2 is 1.76 bits per heavy atom. The van der Waals surface area contributed by atoms with Crippen molar-refractivity contribution in [2.45, 2.75) is 20.1 Å². The number of carbonyl (C=O) groups excluding carboxylic acids is 1. The molecule has 2 N–H and O–H groups in total. The average Bonchev–Trinajstić information content (AvgIpc) is 2.55. The Kier molecular flexibility index (Phi) is 5.35. The van der Waals surface area contributed by atoms with Crippen LogP contribution in [0.25, 0.3) is 0 Å². The van der Waals surface area contributed by atoms with E-state index in [-0.39, 0.29) is 12.7 Å². The van der Waals surface area contributed by atoms with Crippen LogP contribution in [0.2, 0.25) is 0 Å². The average molecular weight is 284 g/mol. The number of rotatable bonds is 5. The lowest BCUT2D eigenvalue weighted by Gasteiger charge is -2.22. The van der Waals surface area contributed by atoms with Crippen molar-refractivity contribution in [1.29, 1.82) is 0 Å². The van der Waals surface area contributed by atoms with E-state index in [1.54, 1.807) is 4.90 Å². The van der Waals surface area contributed by atoms with E-state index in [1.165, 1.54) is 0 Å². The molecule has 0 heterocycles. The molecule has 0 aromatic heterocycles. The molecule has 0 bridgehead atoms. The largest absolute Gasteiger partial charge is 0.444 e. The molecule has 0 aliphatic heterocycles. The van der Waals surface area contributed by atoms with Gasteiger partial charge in [-0.25, -0.2) is 4.79 Å². The lowest BCUT2D eigenvalue weighted by atomic mass is 10.1. The zero-order valence-corrected chi connectivity index (χ0v) is 12.2. The molecule has 1 amide bonds. The highest BCUT2D eigenvalue weighted by atomic mass is 16.6. The van der Waals surface area contributed by atoms with Gasteiger partial charge >= 0.3 is 6.09 Å². The molecule has 0 fully saturated rings. The number of nitrogens with zero attached hydrogens (tertiary/aromatic N) is 1. The molecule has 21 heavy (non-hydrogen) atoms. The maximum Gasteiger partial charge on any atom is 0.414 e. The summed E-state index contributed by atoms with van der Waals surface area (Å²) in [6.45, 7) is 3.10. The van der Waals surface area contributed by atoms with Crippen molar-refractivity contribution in [3.05, 3.63) is 65.7 Å². The zero-order valence-electron chi connectivity index (χ0n) is 12.2. The predicted octanol–water partition coefficient (Wildman–Crippen LogP) is 3.31. The first kappa shape index (κ1) is 15.1. The van der Waals surface area contributed by atoms with Crippen LogP contribution in [0.1, 0.15) is 18.1 Å². The summed E-state index contributed by atoms with van der Waals surface area (Å²) in [7, 11) is 0. The van der Waals surface area contributed by atoms with Gasteiger partial charge in [0.15, 0.2) is 0 Å². The van der Waals surface area contributed by atoms with Crippen molar-refractivity contribution in [3.63, 3.8) is 0 Å². The van der Waals surface area contributed by atoms with Gasteiger partial charge in [-0.2, -0.15) is 0 Å². The lowest BCUT2D eigenvalue weighted by molar-refractivity contribution is 0.147. The zero-order chi connectivity index (χ0) is 15.1. The first-order chi connectivity index (χ1) is 10.3. The van der Waals surface area contributed by atoms with Crippen LogP contribution in [0.15, 0.2) is 54.6 Å². The second-order valence-corrected chi connectivity index (χ2v) is 4.62. The van der Waals surface area contributed by atoms with E-state index >= 15 is 0 Å². The monoisotopic (exact) mass is 284 g/mol. The van der Waals surface area contributed by atoms with Crippen molar-refractivity contribution in [3.8, 4) is 0 Å². The quantitative estimate of drug-likeness (QED) is 0.916. The lowest BCUT2D eigenvalue weighted by Crippen LogP contribution is -2.32. The van der Waals surface area contributed by atoms with Crippen molar-refractivity contribution >= 4 is 11.8 Å². The van der Waals surface area contributed by atoms with Crippen LogP contribution in [0.4, 0.5) is 10.5 Å². The first-order valence-corrected chi connectivity index (χ1v) is 7.02. The molecule has 2 aromatic rings. The van der Waals surface area contributed by atoms with E-state index < -0.39 is 0 Å². The summed E-state index contributed by atoms with van der Waals surface area (Å²) in [5.74, 6) is 0. The van der Waals surface area contributed by atoms with Gasteiger partial charge in [-0.05, 0) is 24.1 Å². The van der Waals surface area contributed by atoms with Crippen LogP contribution in [0.3, 0.4) is 0 Å². The molecule has 2 aromatic carbocycles. The minimum Gasteiger partial charge on any atom is -0.444 e. The highest BCUT2D eigenvalue weighted by Gasteiger charge is 2.17. The molecule has 0 saturated heterocycles. The number of anilines is 1. The van der Waals surface area contributed by atoms with E-state index in [2.05, 4.69) is 0 Å². The van der Waals surface area contributed by atoms with E-state index in [0.717, 1.165) is 16.8 Å². The number of benzene rings is 2. The van der Waals surface area contributed by atoms with Crippen LogP contribution < -0.4 is 10.6 Å². The Bertz CT molecular complexity index is 584. The minimum atomic E-state index is -0.359. The third kappa shape index (κ3) is 3.83. The van der Waals surface area contributed by atoms with Gasteiger partial charge in [-0.3, -0.25) is 4.90 Å². The Labute approximate surface area is 125 Å². The summed E-state index contributed by atoms with van der Waals surface area (Å²) in [5.41, 5.74) is 8.43. The number of hydrogen-bond acceptors (Lipinski definition) is 3. The number of ether oxygens (including phenoxy) is 1. The molecular weight excluding hydrogens is 264 g/mol. The highest BCUT2D eigenvalue weighted by Crippen LogP contribution is 2.21. The molecule has 2 rings (SSSR count). The van der Waals surface area contributed by atoms with Crippen molar-refractivity contribution < 1.29 is 9.53 Å². The van der Waals surface area contributed by atoms with E-state index in [1.807, 2.05) is 61.5 Å². The molecule has 0 atom stereocenters.